The second kappa shape index (κ2) is 11.1. The van der Waals surface area contributed by atoms with E-state index in [1.807, 2.05) is 22.6 Å². The van der Waals surface area contributed by atoms with Crippen LogP contribution in [0.15, 0.2) is 62.5 Å². The zero-order chi connectivity index (χ0) is 21.6. The molecular formula is C16H8ClIN2Na2O7S2. The standard InChI is InChI=1S/C16H10ClIN2O7S2.2Na/c17-12-7-9(18)1-4-13(12)19-20-15-11-3-2-10(28(22,23)24)5-8(11)6-14(16(15)21)29(25,26)27;;/h1-7,21H,(H,22,23,24)(H,25,26,27);;/q;2*+1/p-2. The van der Waals surface area contributed by atoms with Crippen molar-refractivity contribution in [1.82, 2.24) is 0 Å². The van der Waals surface area contributed by atoms with Crippen molar-refractivity contribution in [1.29, 1.82) is 0 Å². The second-order valence-electron chi connectivity index (χ2n) is 5.66. The molecule has 3 aromatic rings. The molecule has 3 aromatic carbocycles. The summed E-state index contributed by atoms with van der Waals surface area (Å²) in [6.45, 7) is 0. The van der Waals surface area contributed by atoms with Gasteiger partial charge < -0.3 is 14.2 Å². The molecule has 0 spiro atoms. The third-order valence-corrected chi connectivity index (χ3v) is 6.40. The van der Waals surface area contributed by atoms with Crippen LogP contribution in [0.1, 0.15) is 0 Å². The molecule has 0 fully saturated rings. The van der Waals surface area contributed by atoms with Crippen LogP contribution in [-0.4, -0.2) is 31.0 Å². The molecule has 0 aliphatic carbocycles. The van der Waals surface area contributed by atoms with Gasteiger partial charge in [0.05, 0.1) is 14.8 Å². The molecule has 0 bridgehead atoms. The molecule has 0 radical (unpaired) electrons. The summed E-state index contributed by atoms with van der Waals surface area (Å²) in [4.78, 5) is -1.68. The Morgan fingerprint density at radius 1 is 0.903 bits per heavy atom. The van der Waals surface area contributed by atoms with Crippen LogP contribution in [-0.2, 0) is 20.2 Å². The predicted molar refractivity (Wildman–Crippen MR) is 110 cm³/mol. The van der Waals surface area contributed by atoms with E-state index in [9.17, 15) is 31.0 Å². The molecule has 0 aliphatic rings. The van der Waals surface area contributed by atoms with Gasteiger partial charge in [0.2, 0.25) is 0 Å². The van der Waals surface area contributed by atoms with E-state index in [-0.39, 0.29) is 80.6 Å². The third-order valence-electron chi connectivity index (χ3n) is 3.75. The fourth-order valence-corrected chi connectivity index (χ4v) is 4.45. The molecule has 0 saturated heterocycles. The Balaban J connectivity index is 0.00000240. The van der Waals surface area contributed by atoms with E-state index in [0.29, 0.717) is 0 Å². The van der Waals surface area contributed by atoms with E-state index in [0.717, 1.165) is 27.8 Å². The third kappa shape index (κ3) is 6.83. The summed E-state index contributed by atoms with van der Waals surface area (Å²) in [6, 6.07) is 8.56. The first kappa shape index (κ1) is 29.2. The van der Waals surface area contributed by atoms with Gasteiger partial charge in [-0.25, -0.2) is 16.8 Å². The van der Waals surface area contributed by atoms with Gasteiger partial charge in [0.15, 0.2) is 5.75 Å². The van der Waals surface area contributed by atoms with Gasteiger partial charge in [-0.05, 0) is 64.4 Å². The summed E-state index contributed by atoms with van der Waals surface area (Å²) >= 11 is 8.09. The van der Waals surface area contributed by atoms with Crippen molar-refractivity contribution in [3.63, 3.8) is 0 Å². The van der Waals surface area contributed by atoms with Gasteiger partial charge in [-0.3, -0.25) is 0 Å². The summed E-state index contributed by atoms with van der Waals surface area (Å²) in [5.41, 5.74) is -0.199. The Morgan fingerprint density at radius 2 is 1.55 bits per heavy atom. The van der Waals surface area contributed by atoms with Gasteiger partial charge in [-0.1, -0.05) is 17.7 Å². The van der Waals surface area contributed by atoms with Crippen molar-refractivity contribution in [3.8, 4) is 5.75 Å². The van der Waals surface area contributed by atoms with Gasteiger partial charge in [-0.2, -0.15) is 0 Å². The number of halogens is 2. The minimum Gasteiger partial charge on any atom is -0.744 e. The molecule has 0 amide bonds. The SMILES string of the molecule is O=S(=O)([O-])c1ccc2c(N=Nc3ccc(I)cc3Cl)c(O)c(S(=O)(=O)[O-])cc2c1.[Na+].[Na+]. The number of azo groups is 1. The monoisotopic (exact) mass is 612 g/mol. The number of phenolic OH excluding ortho intramolecular Hbond substituents is 1. The summed E-state index contributed by atoms with van der Waals surface area (Å²) in [5.74, 6) is -0.962. The molecule has 0 atom stereocenters. The minimum absolute atomic E-state index is 0. The van der Waals surface area contributed by atoms with E-state index < -0.39 is 41.5 Å². The molecule has 152 valence electrons. The number of rotatable bonds is 4. The van der Waals surface area contributed by atoms with Crippen molar-refractivity contribution in [3.05, 3.63) is 51.1 Å². The van der Waals surface area contributed by atoms with Gasteiger partial charge in [0.1, 0.15) is 31.6 Å². The van der Waals surface area contributed by atoms with Crippen molar-refractivity contribution >= 4 is 76.6 Å². The Bertz CT molecular complexity index is 1400. The molecular weight excluding hydrogens is 605 g/mol. The number of aromatic hydroxyl groups is 1. The maximum Gasteiger partial charge on any atom is 1.00 e. The van der Waals surface area contributed by atoms with Gasteiger partial charge in [0.25, 0.3) is 0 Å². The van der Waals surface area contributed by atoms with E-state index in [1.54, 1.807) is 12.1 Å². The number of hydrogen-bond acceptors (Lipinski definition) is 9. The molecule has 9 nitrogen and oxygen atoms in total. The summed E-state index contributed by atoms with van der Waals surface area (Å²) in [5, 5.41) is 18.2. The maximum atomic E-state index is 11.5. The Kier molecular flexibility index (Phi) is 10.4. The zero-order valence-corrected chi connectivity index (χ0v) is 24.5. The number of phenols is 1. The molecule has 0 saturated carbocycles. The van der Waals surface area contributed by atoms with Crippen molar-refractivity contribution < 1.29 is 90.2 Å². The van der Waals surface area contributed by atoms with Crippen LogP contribution >= 0.6 is 34.2 Å². The van der Waals surface area contributed by atoms with E-state index in [2.05, 4.69) is 10.2 Å². The number of fused-ring (bicyclic) bond motifs is 1. The average Bonchev–Trinajstić information content (AvgIpc) is 2.59. The minimum atomic E-state index is -5.15. The normalized spacial score (nSPS) is 11.9. The van der Waals surface area contributed by atoms with Gasteiger partial charge >= 0.3 is 59.1 Å². The Hall–Kier alpha value is 0.160. The van der Waals surface area contributed by atoms with Crippen LogP contribution in [0, 0.1) is 3.57 Å². The first-order valence-electron chi connectivity index (χ1n) is 7.46. The topological polar surface area (TPSA) is 159 Å². The van der Waals surface area contributed by atoms with E-state index >= 15 is 0 Å². The molecule has 15 heteroatoms. The summed E-state index contributed by atoms with van der Waals surface area (Å²) in [7, 11) is -9.99. The fourth-order valence-electron chi connectivity index (χ4n) is 2.44. The number of benzene rings is 3. The van der Waals surface area contributed by atoms with Crippen LogP contribution in [0.5, 0.6) is 5.75 Å². The van der Waals surface area contributed by atoms with Crippen molar-refractivity contribution in [2.75, 3.05) is 0 Å². The number of hydrogen-bond donors (Lipinski definition) is 1. The Morgan fingerprint density at radius 3 is 2.10 bits per heavy atom. The van der Waals surface area contributed by atoms with Gasteiger partial charge in [-0.15, -0.1) is 10.2 Å². The van der Waals surface area contributed by atoms with Crippen molar-refractivity contribution in [2.45, 2.75) is 9.79 Å². The molecule has 3 rings (SSSR count). The fraction of sp³-hybridized carbons (Fsp3) is 0. The van der Waals surface area contributed by atoms with Crippen LogP contribution in [0.3, 0.4) is 0 Å². The second-order valence-corrected chi connectivity index (χ2v) is 10.0. The molecule has 0 aromatic heterocycles. The first-order chi connectivity index (χ1) is 13.4. The van der Waals surface area contributed by atoms with Crippen LogP contribution < -0.4 is 59.1 Å². The quantitative estimate of drug-likeness (QED) is 0.155. The molecule has 1 N–H and O–H groups in total. The van der Waals surface area contributed by atoms with Crippen LogP contribution in [0.2, 0.25) is 5.02 Å². The first-order valence-corrected chi connectivity index (χ1v) is 11.7. The molecule has 0 unspecified atom stereocenters. The van der Waals surface area contributed by atoms with E-state index in [1.165, 1.54) is 6.07 Å². The molecule has 31 heavy (non-hydrogen) atoms. The largest absolute Gasteiger partial charge is 1.00 e. The van der Waals surface area contributed by atoms with Crippen molar-refractivity contribution in [2.24, 2.45) is 10.2 Å². The van der Waals surface area contributed by atoms with E-state index in [4.69, 9.17) is 11.6 Å². The van der Waals surface area contributed by atoms with Gasteiger partial charge in [0, 0.05) is 8.96 Å². The smallest absolute Gasteiger partial charge is 0.744 e. The average molecular weight is 613 g/mol. The summed E-state index contributed by atoms with van der Waals surface area (Å²) < 4.78 is 69.1. The zero-order valence-electron chi connectivity index (χ0n) is 15.9. The molecule has 0 aliphatic heterocycles. The Labute approximate surface area is 240 Å². The predicted octanol–water partition coefficient (Wildman–Crippen LogP) is -1.96. The van der Waals surface area contributed by atoms with Crippen LogP contribution in [0.4, 0.5) is 11.4 Å². The molecule has 0 heterocycles. The summed E-state index contributed by atoms with van der Waals surface area (Å²) in [6.07, 6.45) is 0. The number of nitrogens with zero attached hydrogens (tertiary/aromatic N) is 2. The van der Waals surface area contributed by atoms with Crippen LogP contribution in [0.25, 0.3) is 10.8 Å². The maximum absolute atomic E-state index is 11.5.